The fraction of sp³-hybridized carbons (Fsp3) is 0.636. The van der Waals surface area contributed by atoms with Gasteiger partial charge in [-0.05, 0) is 48.1 Å². The highest BCUT2D eigenvalue weighted by Gasteiger charge is 2.80. The number of aromatic hydroxyl groups is 1. The van der Waals surface area contributed by atoms with E-state index in [1.807, 2.05) is 13.8 Å². The van der Waals surface area contributed by atoms with Crippen LogP contribution in [-0.4, -0.2) is 50.5 Å². The zero-order chi connectivity index (χ0) is 30.8. The summed E-state index contributed by atoms with van der Waals surface area (Å²) in [6, 6.07) is 4.66. The molecule has 0 radical (unpaired) electrons. The van der Waals surface area contributed by atoms with E-state index in [2.05, 4.69) is 0 Å². The average Bonchev–Trinajstić information content (AvgIpc) is 2.88. The van der Waals surface area contributed by atoms with Crippen molar-refractivity contribution in [1.82, 2.24) is 0 Å². The van der Waals surface area contributed by atoms with Gasteiger partial charge in [-0.2, -0.15) is 0 Å². The monoisotopic (exact) mass is 566 g/mol. The minimum atomic E-state index is -2.86. The summed E-state index contributed by atoms with van der Waals surface area (Å²) in [5, 5.41) is 23.2. The maximum Gasteiger partial charge on any atom is 0.190 e. The Labute approximate surface area is 241 Å². The van der Waals surface area contributed by atoms with Crippen molar-refractivity contribution in [2.24, 2.45) is 40.4 Å². The zero-order valence-corrected chi connectivity index (χ0v) is 25.1. The summed E-state index contributed by atoms with van der Waals surface area (Å²) in [5.41, 5.74) is -5.45. The molecule has 0 saturated heterocycles. The van der Waals surface area contributed by atoms with E-state index < -0.39 is 80.9 Å². The summed E-state index contributed by atoms with van der Waals surface area (Å²) in [4.78, 5) is 83.1. The van der Waals surface area contributed by atoms with Crippen molar-refractivity contribution in [3.8, 4) is 5.75 Å². The number of hydrogen-bond donors (Lipinski definition) is 2. The molecule has 0 aromatic heterocycles. The highest BCUT2D eigenvalue weighted by molar-refractivity contribution is 6.32. The van der Waals surface area contributed by atoms with Gasteiger partial charge >= 0.3 is 0 Å². The third kappa shape index (κ3) is 3.96. The quantitative estimate of drug-likeness (QED) is 0.348. The minimum absolute atomic E-state index is 0.0427. The van der Waals surface area contributed by atoms with Crippen molar-refractivity contribution in [3.05, 3.63) is 29.3 Å². The number of unbranched alkanes of at least 4 members (excludes halogenated alkanes) is 2. The molecule has 2 fully saturated rings. The number of phenols is 1. The number of hydrogen-bond acceptors (Lipinski definition) is 8. The lowest BCUT2D eigenvalue weighted by atomic mass is 9.34. The summed E-state index contributed by atoms with van der Waals surface area (Å²) < 4.78 is 0. The van der Waals surface area contributed by atoms with E-state index in [4.69, 9.17) is 0 Å². The first-order valence-electron chi connectivity index (χ1n) is 14.8. The number of aliphatic hydroxyl groups is 1. The first-order valence-corrected chi connectivity index (χ1v) is 14.8. The van der Waals surface area contributed by atoms with Crippen LogP contribution in [0.2, 0.25) is 0 Å². The van der Waals surface area contributed by atoms with Crippen molar-refractivity contribution < 1.29 is 39.0 Å². The van der Waals surface area contributed by atoms with Gasteiger partial charge in [0.2, 0.25) is 0 Å². The molecule has 0 amide bonds. The number of phenolic OH excluding ortho intramolecular Hbond substituents is 1. The molecule has 0 spiro atoms. The molecule has 8 heteroatoms. The second-order valence-corrected chi connectivity index (χ2v) is 13.3. The lowest BCUT2D eigenvalue weighted by Crippen LogP contribution is -2.80. The summed E-state index contributed by atoms with van der Waals surface area (Å²) in [6.45, 7) is 11.7. The summed E-state index contributed by atoms with van der Waals surface area (Å²) in [6.07, 6.45) is 2.48. The number of rotatable bonds is 8. The predicted octanol–water partition coefficient (Wildman–Crippen LogP) is 4.42. The lowest BCUT2D eigenvalue weighted by molar-refractivity contribution is -0.225. The van der Waals surface area contributed by atoms with Crippen LogP contribution in [0.25, 0.3) is 0 Å². The maximum atomic E-state index is 14.6. The summed E-state index contributed by atoms with van der Waals surface area (Å²) in [7, 11) is 0. The molecule has 2 saturated carbocycles. The Balaban J connectivity index is 2.07. The lowest BCUT2D eigenvalue weighted by Gasteiger charge is -2.67. The molecular formula is C33H42O8. The first-order chi connectivity index (χ1) is 19.0. The highest BCUT2D eigenvalue weighted by Crippen LogP contribution is 2.70. The van der Waals surface area contributed by atoms with Crippen LogP contribution in [-0.2, 0) is 24.0 Å². The van der Waals surface area contributed by atoms with Crippen LogP contribution in [0.3, 0.4) is 0 Å². The fourth-order valence-electron chi connectivity index (χ4n) is 8.86. The molecule has 3 aliphatic carbocycles. The normalized spacial score (nSPS) is 36.6. The number of fused-ring (bicyclic) bond motifs is 3. The maximum absolute atomic E-state index is 14.6. The molecular weight excluding hydrogens is 524 g/mol. The standard InChI is InChI=1S/C33H42O8/c1-8-9-10-12-19(35)15-22-31(6)17(4)20-13-11-14-21(36)24(20)28(38)26(31)30(40)33(41)29(39)23(18(5)34)27(37)25(16(2)3)32(22,33)7/h11,13-14,16-17,22-23,25-26,36,41H,8-10,12,15H2,1-7H3/t17-,22-,23?,25?,26?,31-,32-,33+/m1/s1. The number of ketones is 6. The molecule has 1 aromatic rings. The van der Waals surface area contributed by atoms with Crippen LogP contribution in [0.4, 0.5) is 0 Å². The summed E-state index contributed by atoms with van der Waals surface area (Å²) >= 11 is 0. The van der Waals surface area contributed by atoms with E-state index in [1.165, 1.54) is 13.0 Å². The molecule has 8 atom stereocenters. The van der Waals surface area contributed by atoms with Gasteiger partial charge in [0, 0.05) is 24.2 Å². The number of carbonyl (C=O) groups is 6. The summed E-state index contributed by atoms with van der Waals surface area (Å²) in [5.74, 6) is -11.4. The number of Topliss-reactive ketones (excluding diaryl/α,β-unsaturated/α-hetero) is 6. The van der Waals surface area contributed by atoms with Crippen molar-refractivity contribution in [2.45, 2.75) is 92.1 Å². The topological polar surface area (TPSA) is 143 Å². The van der Waals surface area contributed by atoms with Gasteiger partial charge in [0.05, 0.1) is 11.5 Å². The molecule has 41 heavy (non-hydrogen) atoms. The van der Waals surface area contributed by atoms with Crippen LogP contribution in [0, 0.1) is 40.4 Å². The van der Waals surface area contributed by atoms with Crippen LogP contribution < -0.4 is 0 Å². The molecule has 0 aliphatic heterocycles. The van der Waals surface area contributed by atoms with E-state index in [-0.39, 0.29) is 29.9 Å². The van der Waals surface area contributed by atoms with Gasteiger partial charge in [-0.3, -0.25) is 28.8 Å². The van der Waals surface area contributed by atoms with E-state index in [1.54, 1.807) is 32.9 Å². The van der Waals surface area contributed by atoms with E-state index in [0.717, 1.165) is 19.8 Å². The smallest absolute Gasteiger partial charge is 0.190 e. The molecule has 2 N–H and O–H groups in total. The fourth-order valence-corrected chi connectivity index (χ4v) is 8.86. The Morgan fingerprint density at radius 1 is 1.02 bits per heavy atom. The van der Waals surface area contributed by atoms with Crippen LogP contribution in [0.15, 0.2) is 18.2 Å². The van der Waals surface area contributed by atoms with Crippen molar-refractivity contribution >= 4 is 34.7 Å². The van der Waals surface area contributed by atoms with Crippen molar-refractivity contribution in [3.63, 3.8) is 0 Å². The largest absolute Gasteiger partial charge is 0.507 e. The molecule has 3 unspecified atom stereocenters. The van der Waals surface area contributed by atoms with Gasteiger partial charge in [-0.15, -0.1) is 0 Å². The Morgan fingerprint density at radius 2 is 1.66 bits per heavy atom. The molecule has 4 rings (SSSR count). The van der Waals surface area contributed by atoms with Crippen molar-refractivity contribution in [2.75, 3.05) is 0 Å². The van der Waals surface area contributed by atoms with Gasteiger partial charge in [-0.25, -0.2) is 0 Å². The van der Waals surface area contributed by atoms with E-state index in [9.17, 15) is 39.0 Å². The first kappa shape index (κ1) is 30.9. The van der Waals surface area contributed by atoms with Crippen LogP contribution in [0.1, 0.15) is 102 Å². The second-order valence-electron chi connectivity index (χ2n) is 13.3. The molecule has 0 heterocycles. The number of carbonyl (C=O) groups excluding carboxylic acids is 6. The van der Waals surface area contributed by atoms with Gasteiger partial charge in [-0.1, -0.05) is 66.5 Å². The van der Waals surface area contributed by atoms with Gasteiger partial charge in [0.25, 0.3) is 0 Å². The Hall–Kier alpha value is -3.00. The van der Waals surface area contributed by atoms with E-state index >= 15 is 0 Å². The zero-order valence-electron chi connectivity index (χ0n) is 25.1. The van der Waals surface area contributed by atoms with Gasteiger partial charge in [0.15, 0.2) is 28.7 Å². The molecule has 0 bridgehead atoms. The van der Waals surface area contributed by atoms with Crippen LogP contribution >= 0.6 is 0 Å². The molecule has 3 aliphatic rings. The predicted molar refractivity (Wildman–Crippen MR) is 150 cm³/mol. The SMILES string of the molecule is CCCCCC(=O)C[C@@H]1[C@]2(C)C(C(=O)c3c(O)cccc3[C@H]2C)C(=O)[C@@]2(O)C(=O)C(C(C)=O)C(=O)C(C(C)C)[C@@]12C. The third-order valence-corrected chi connectivity index (χ3v) is 10.9. The third-order valence-electron chi connectivity index (χ3n) is 10.9. The van der Waals surface area contributed by atoms with Gasteiger partial charge < -0.3 is 10.2 Å². The highest BCUT2D eigenvalue weighted by atomic mass is 16.3. The average molecular weight is 567 g/mol. The Morgan fingerprint density at radius 3 is 2.22 bits per heavy atom. The molecule has 222 valence electrons. The van der Waals surface area contributed by atoms with Crippen molar-refractivity contribution in [1.29, 1.82) is 0 Å². The second kappa shape index (κ2) is 10.4. The molecule has 8 nitrogen and oxygen atoms in total. The molecule has 1 aromatic carbocycles. The Bertz CT molecular complexity index is 1340. The van der Waals surface area contributed by atoms with Crippen LogP contribution in [0.5, 0.6) is 5.75 Å². The van der Waals surface area contributed by atoms with E-state index in [0.29, 0.717) is 12.0 Å². The number of benzene rings is 1. The minimum Gasteiger partial charge on any atom is -0.507 e. The Kier molecular flexibility index (Phi) is 7.83. The van der Waals surface area contributed by atoms with Gasteiger partial charge in [0.1, 0.15) is 23.2 Å².